The molecular formula is C10H14O9. The number of aliphatic hydroxyl groups excluding tert-OH is 2. The maximum absolute atomic E-state index is 11.1. The number of hydrogen-bond donors (Lipinski definition) is 4. The number of ether oxygens (including phenoxy) is 1. The lowest BCUT2D eigenvalue weighted by Crippen LogP contribution is -2.24. The van der Waals surface area contributed by atoms with Crippen molar-refractivity contribution in [2.75, 3.05) is 0 Å². The van der Waals surface area contributed by atoms with E-state index in [9.17, 15) is 19.2 Å². The zero-order valence-electron chi connectivity index (χ0n) is 9.81. The van der Waals surface area contributed by atoms with Crippen LogP contribution in [0.15, 0.2) is 0 Å². The zero-order valence-corrected chi connectivity index (χ0v) is 9.81. The van der Waals surface area contributed by atoms with Crippen LogP contribution in [0, 0.1) is 0 Å². The highest BCUT2D eigenvalue weighted by Gasteiger charge is 2.20. The van der Waals surface area contributed by atoms with Crippen molar-refractivity contribution >= 4 is 23.9 Å². The van der Waals surface area contributed by atoms with Crippen molar-refractivity contribution < 1.29 is 44.3 Å². The van der Waals surface area contributed by atoms with Gasteiger partial charge < -0.3 is 25.2 Å². The van der Waals surface area contributed by atoms with Crippen molar-refractivity contribution in [3.8, 4) is 0 Å². The molecule has 0 amide bonds. The van der Waals surface area contributed by atoms with Gasteiger partial charge in [0.15, 0.2) is 0 Å². The second kappa shape index (κ2) is 8.16. The predicted octanol–water partition coefficient (Wildman–Crippen LogP) is -1.49. The molecule has 0 fully saturated rings. The summed E-state index contributed by atoms with van der Waals surface area (Å²) in [6, 6.07) is 0. The van der Waals surface area contributed by atoms with Crippen LogP contribution in [0.4, 0.5) is 0 Å². The molecular weight excluding hydrogens is 264 g/mol. The van der Waals surface area contributed by atoms with Crippen molar-refractivity contribution in [1.29, 1.82) is 0 Å². The van der Waals surface area contributed by atoms with E-state index in [1.165, 1.54) is 0 Å². The SMILES string of the molecule is O=C(O)CC(O)CC(=O)OC(=O)CC(O)CC(=O)O. The molecule has 0 radical (unpaired) electrons. The Kier molecular flexibility index (Phi) is 7.30. The van der Waals surface area contributed by atoms with Crippen LogP contribution >= 0.6 is 0 Å². The molecule has 0 heterocycles. The van der Waals surface area contributed by atoms with Crippen molar-refractivity contribution in [2.45, 2.75) is 37.9 Å². The van der Waals surface area contributed by atoms with Crippen molar-refractivity contribution in [3.63, 3.8) is 0 Å². The summed E-state index contributed by atoms with van der Waals surface area (Å²) in [5.74, 6) is -4.94. The van der Waals surface area contributed by atoms with Crippen LogP contribution in [0.5, 0.6) is 0 Å². The Labute approximate surface area is 107 Å². The summed E-state index contributed by atoms with van der Waals surface area (Å²) in [6.07, 6.45) is -5.70. The summed E-state index contributed by atoms with van der Waals surface area (Å²) in [6.45, 7) is 0. The van der Waals surface area contributed by atoms with Gasteiger partial charge in [-0.25, -0.2) is 0 Å². The average molecular weight is 278 g/mol. The number of esters is 2. The van der Waals surface area contributed by atoms with Crippen LogP contribution in [0.25, 0.3) is 0 Å². The van der Waals surface area contributed by atoms with Crippen molar-refractivity contribution in [3.05, 3.63) is 0 Å². The molecule has 9 nitrogen and oxygen atoms in total. The number of carbonyl (C=O) groups is 4. The number of aliphatic hydroxyl groups is 2. The molecule has 0 aliphatic carbocycles. The van der Waals surface area contributed by atoms with Gasteiger partial charge in [-0.3, -0.25) is 19.2 Å². The molecule has 0 aromatic heterocycles. The van der Waals surface area contributed by atoms with Crippen molar-refractivity contribution in [2.24, 2.45) is 0 Å². The van der Waals surface area contributed by atoms with Crippen LogP contribution in [0.1, 0.15) is 25.7 Å². The Morgan fingerprint density at radius 1 is 0.737 bits per heavy atom. The Hall–Kier alpha value is -2.00. The highest BCUT2D eigenvalue weighted by atomic mass is 16.6. The molecule has 0 saturated heterocycles. The zero-order chi connectivity index (χ0) is 15.0. The van der Waals surface area contributed by atoms with Gasteiger partial charge in [-0.2, -0.15) is 0 Å². The standard InChI is InChI=1S/C10H14O9/c11-5(1-7(13)14)3-9(17)19-10(18)4-6(12)2-8(15)16/h5-6,11-12H,1-4H2,(H,13,14)(H,15,16). The summed E-state index contributed by atoms with van der Waals surface area (Å²) in [7, 11) is 0. The number of carbonyl (C=O) groups excluding carboxylic acids is 2. The van der Waals surface area contributed by atoms with E-state index in [0.717, 1.165) is 0 Å². The van der Waals surface area contributed by atoms with E-state index in [4.69, 9.17) is 20.4 Å². The third-order valence-corrected chi connectivity index (χ3v) is 1.85. The largest absolute Gasteiger partial charge is 0.481 e. The lowest BCUT2D eigenvalue weighted by Gasteiger charge is -2.09. The van der Waals surface area contributed by atoms with Crippen LogP contribution in [-0.2, 0) is 23.9 Å². The maximum atomic E-state index is 11.1. The lowest BCUT2D eigenvalue weighted by atomic mass is 10.2. The fourth-order valence-electron chi connectivity index (χ4n) is 1.14. The molecule has 0 aromatic carbocycles. The van der Waals surface area contributed by atoms with E-state index in [0.29, 0.717) is 0 Å². The molecule has 2 unspecified atom stereocenters. The first kappa shape index (κ1) is 17.0. The van der Waals surface area contributed by atoms with Gasteiger partial charge in [-0.1, -0.05) is 0 Å². The minimum absolute atomic E-state index is 0.676. The molecule has 0 aliphatic heterocycles. The van der Waals surface area contributed by atoms with Gasteiger partial charge in [0, 0.05) is 0 Å². The summed E-state index contributed by atoms with van der Waals surface area (Å²) in [5, 5.41) is 34.8. The Morgan fingerprint density at radius 2 is 1.05 bits per heavy atom. The van der Waals surface area contributed by atoms with E-state index in [-0.39, 0.29) is 0 Å². The van der Waals surface area contributed by atoms with Crippen LogP contribution in [0.2, 0.25) is 0 Å². The average Bonchev–Trinajstić information content (AvgIpc) is 2.12. The van der Waals surface area contributed by atoms with Gasteiger partial charge in [-0.05, 0) is 0 Å². The molecule has 2 atom stereocenters. The van der Waals surface area contributed by atoms with Crippen LogP contribution in [-0.4, -0.2) is 56.5 Å². The minimum Gasteiger partial charge on any atom is -0.481 e. The fraction of sp³-hybridized carbons (Fsp3) is 0.600. The Bertz CT molecular complexity index is 328. The van der Waals surface area contributed by atoms with E-state index in [1.54, 1.807) is 0 Å². The van der Waals surface area contributed by atoms with Gasteiger partial charge in [0.1, 0.15) is 0 Å². The smallest absolute Gasteiger partial charge is 0.316 e. The molecule has 0 aliphatic rings. The van der Waals surface area contributed by atoms with E-state index >= 15 is 0 Å². The first-order valence-corrected chi connectivity index (χ1v) is 5.24. The molecule has 0 aromatic rings. The van der Waals surface area contributed by atoms with Gasteiger partial charge in [0.05, 0.1) is 37.9 Å². The van der Waals surface area contributed by atoms with Gasteiger partial charge in [-0.15, -0.1) is 0 Å². The molecule has 108 valence electrons. The third kappa shape index (κ3) is 9.68. The molecule has 19 heavy (non-hydrogen) atoms. The topological polar surface area (TPSA) is 158 Å². The quantitative estimate of drug-likeness (QED) is 0.306. The second-order valence-electron chi connectivity index (χ2n) is 3.76. The molecule has 0 rings (SSSR count). The van der Waals surface area contributed by atoms with E-state index < -0.39 is 61.8 Å². The predicted molar refractivity (Wildman–Crippen MR) is 56.9 cm³/mol. The number of carboxylic acids is 2. The van der Waals surface area contributed by atoms with Crippen LogP contribution in [0.3, 0.4) is 0 Å². The first-order chi connectivity index (χ1) is 8.70. The fourth-order valence-corrected chi connectivity index (χ4v) is 1.14. The highest BCUT2D eigenvalue weighted by Crippen LogP contribution is 2.04. The molecule has 0 spiro atoms. The molecule has 0 bridgehead atoms. The summed E-state index contributed by atoms with van der Waals surface area (Å²) in [4.78, 5) is 42.5. The Balaban J connectivity index is 4.02. The summed E-state index contributed by atoms with van der Waals surface area (Å²) >= 11 is 0. The van der Waals surface area contributed by atoms with Gasteiger partial charge in [0.25, 0.3) is 0 Å². The number of hydrogen-bond acceptors (Lipinski definition) is 7. The maximum Gasteiger partial charge on any atom is 0.316 e. The summed E-state index contributed by atoms with van der Waals surface area (Å²) in [5.41, 5.74) is 0. The summed E-state index contributed by atoms with van der Waals surface area (Å²) < 4.78 is 4.17. The van der Waals surface area contributed by atoms with Crippen molar-refractivity contribution in [1.82, 2.24) is 0 Å². The third-order valence-electron chi connectivity index (χ3n) is 1.85. The number of rotatable bonds is 8. The molecule has 0 saturated carbocycles. The normalized spacial score (nSPS) is 13.4. The van der Waals surface area contributed by atoms with Crippen LogP contribution < -0.4 is 0 Å². The Morgan fingerprint density at radius 3 is 1.32 bits per heavy atom. The monoisotopic (exact) mass is 278 g/mol. The van der Waals surface area contributed by atoms with Gasteiger partial charge in [0.2, 0.25) is 0 Å². The number of carboxylic acid groups (broad SMARTS) is 2. The highest BCUT2D eigenvalue weighted by molar-refractivity contribution is 5.86. The first-order valence-electron chi connectivity index (χ1n) is 5.24. The van der Waals surface area contributed by atoms with Gasteiger partial charge >= 0.3 is 23.9 Å². The molecule has 4 N–H and O–H groups in total. The van der Waals surface area contributed by atoms with E-state index in [1.807, 2.05) is 0 Å². The van der Waals surface area contributed by atoms with E-state index in [2.05, 4.69) is 4.74 Å². The number of aliphatic carboxylic acids is 2. The second-order valence-corrected chi connectivity index (χ2v) is 3.76. The minimum atomic E-state index is -1.48. The lowest BCUT2D eigenvalue weighted by molar-refractivity contribution is -0.162. The molecule has 9 heteroatoms.